The van der Waals surface area contributed by atoms with E-state index in [1.165, 1.54) is 64.2 Å². The van der Waals surface area contributed by atoms with Crippen LogP contribution in [-0.2, 0) is 0 Å². The SMILES string of the molecule is CCC(C)CCCC1CC12CCCCCCCCC2. The summed E-state index contributed by atoms with van der Waals surface area (Å²) in [5.41, 5.74) is 0.840. The fourth-order valence-electron chi connectivity index (χ4n) is 4.33. The van der Waals surface area contributed by atoms with E-state index in [1.807, 2.05) is 0 Å². The Morgan fingerprint density at radius 1 is 0.947 bits per heavy atom. The van der Waals surface area contributed by atoms with Crippen LogP contribution < -0.4 is 0 Å². The van der Waals surface area contributed by atoms with E-state index < -0.39 is 0 Å². The van der Waals surface area contributed by atoms with Crippen LogP contribution in [0.5, 0.6) is 0 Å². The molecule has 2 aliphatic rings. The first kappa shape index (κ1) is 15.4. The third-order valence-electron chi connectivity index (χ3n) is 6.15. The molecule has 2 rings (SSSR count). The molecule has 0 heterocycles. The molecule has 0 heteroatoms. The zero-order valence-corrected chi connectivity index (χ0v) is 13.6. The molecule has 2 fully saturated rings. The Bertz CT molecular complexity index is 232. The van der Waals surface area contributed by atoms with Crippen LogP contribution in [0.2, 0.25) is 0 Å². The molecule has 2 saturated carbocycles. The zero-order chi connectivity index (χ0) is 13.6. The van der Waals surface area contributed by atoms with Crippen molar-refractivity contribution in [3.63, 3.8) is 0 Å². The summed E-state index contributed by atoms with van der Waals surface area (Å²) in [4.78, 5) is 0. The van der Waals surface area contributed by atoms with Crippen molar-refractivity contribution in [3.8, 4) is 0 Å². The Balaban J connectivity index is 1.69. The molecule has 2 unspecified atom stereocenters. The molecular weight excluding hydrogens is 228 g/mol. The van der Waals surface area contributed by atoms with Crippen LogP contribution in [0.1, 0.15) is 104 Å². The Morgan fingerprint density at radius 2 is 1.53 bits per heavy atom. The van der Waals surface area contributed by atoms with Gasteiger partial charge in [0.15, 0.2) is 0 Å². The van der Waals surface area contributed by atoms with E-state index in [-0.39, 0.29) is 0 Å². The summed E-state index contributed by atoms with van der Waals surface area (Å²) < 4.78 is 0. The van der Waals surface area contributed by atoms with Crippen molar-refractivity contribution >= 4 is 0 Å². The largest absolute Gasteiger partial charge is 0.0651 e. The van der Waals surface area contributed by atoms with Gasteiger partial charge in [-0.15, -0.1) is 0 Å². The van der Waals surface area contributed by atoms with Gasteiger partial charge >= 0.3 is 0 Å². The van der Waals surface area contributed by atoms with Gasteiger partial charge in [0.2, 0.25) is 0 Å². The van der Waals surface area contributed by atoms with Crippen LogP contribution in [0.4, 0.5) is 0 Å². The van der Waals surface area contributed by atoms with Crippen molar-refractivity contribution < 1.29 is 0 Å². The molecular formula is C19H36. The molecule has 2 aliphatic carbocycles. The molecule has 1 spiro atoms. The van der Waals surface area contributed by atoms with Gasteiger partial charge in [0.1, 0.15) is 0 Å². The van der Waals surface area contributed by atoms with Crippen molar-refractivity contribution in [2.75, 3.05) is 0 Å². The molecule has 0 aliphatic heterocycles. The van der Waals surface area contributed by atoms with E-state index >= 15 is 0 Å². The minimum atomic E-state index is 0.840. The summed E-state index contributed by atoms with van der Waals surface area (Å²) in [6.07, 6.45) is 21.2. The second-order valence-electron chi connectivity index (χ2n) is 7.68. The molecule has 2 atom stereocenters. The van der Waals surface area contributed by atoms with Gasteiger partial charge in [-0.05, 0) is 42.9 Å². The van der Waals surface area contributed by atoms with Crippen LogP contribution in [0.3, 0.4) is 0 Å². The molecule has 0 N–H and O–H groups in total. The van der Waals surface area contributed by atoms with Crippen molar-refractivity contribution in [3.05, 3.63) is 0 Å². The Kier molecular flexibility index (Phi) is 6.23. The maximum Gasteiger partial charge on any atom is -0.0266 e. The standard InChI is InChI=1S/C19H36/c1-3-17(2)12-11-13-18-16-19(18)14-9-7-5-4-6-8-10-15-19/h17-18H,3-16H2,1-2H3. The molecule has 0 nitrogen and oxygen atoms in total. The van der Waals surface area contributed by atoms with Gasteiger partial charge in [-0.3, -0.25) is 0 Å². The highest BCUT2D eigenvalue weighted by Crippen LogP contribution is 2.61. The Labute approximate surface area is 121 Å². The van der Waals surface area contributed by atoms with E-state index in [2.05, 4.69) is 13.8 Å². The quantitative estimate of drug-likeness (QED) is 0.516. The maximum atomic E-state index is 2.42. The van der Waals surface area contributed by atoms with Gasteiger partial charge in [-0.25, -0.2) is 0 Å². The summed E-state index contributed by atoms with van der Waals surface area (Å²) in [5, 5.41) is 0. The lowest BCUT2D eigenvalue weighted by molar-refractivity contribution is 0.327. The minimum Gasteiger partial charge on any atom is -0.0651 e. The first-order valence-corrected chi connectivity index (χ1v) is 9.27. The predicted molar refractivity (Wildman–Crippen MR) is 85.4 cm³/mol. The van der Waals surface area contributed by atoms with Crippen molar-refractivity contribution in [1.29, 1.82) is 0 Å². The number of hydrogen-bond acceptors (Lipinski definition) is 0. The lowest BCUT2D eigenvalue weighted by Crippen LogP contribution is -2.06. The molecule has 0 bridgehead atoms. The van der Waals surface area contributed by atoms with Crippen LogP contribution in [0.25, 0.3) is 0 Å². The maximum absolute atomic E-state index is 2.42. The van der Waals surface area contributed by atoms with E-state index in [9.17, 15) is 0 Å². The van der Waals surface area contributed by atoms with Crippen molar-refractivity contribution in [2.24, 2.45) is 17.3 Å². The summed E-state index contributed by atoms with van der Waals surface area (Å²) in [6.45, 7) is 4.76. The minimum absolute atomic E-state index is 0.840. The fourth-order valence-corrected chi connectivity index (χ4v) is 4.33. The second-order valence-corrected chi connectivity index (χ2v) is 7.68. The predicted octanol–water partition coefficient (Wildman–Crippen LogP) is 6.73. The van der Waals surface area contributed by atoms with Gasteiger partial charge in [-0.1, -0.05) is 78.1 Å². The van der Waals surface area contributed by atoms with Crippen LogP contribution in [0, 0.1) is 17.3 Å². The summed E-state index contributed by atoms with van der Waals surface area (Å²) >= 11 is 0. The van der Waals surface area contributed by atoms with Crippen molar-refractivity contribution in [1.82, 2.24) is 0 Å². The summed E-state index contributed by atoms with van der Waals surface area (Å²) in [7, 11) is 0. The summed E-state index contributed by atoms with van der Waals surface area (Å²) in [6, 6.07) is 0. The van der Waals surface area contributed by atoms with Gasteiger partial charge in [0.05, 0.1) is 0 Å². The Morgan fingerprint density at radius 3 is 2.11 bits per heavy atom. The van der Waals surface area contributed by atoms with Crippen LogP contribution in [0.15, 0.2) is 0 Å². The number of hydrogen-bond donors (Lipinski definition) is 0. The van der Waals surface area contributed by atoms with Gasteiger partial charge in [-0.2, -0.15) is 0 Å². The van der Waals surface area contributed by atoms with Crippen molar-refractivity contribution in [2.45, 2.75) is 104 Å². The van der Waals surface area contributed by atoms with E-state index in [1.54, 1.807) is 25.7 Å². The molecule has 0 aromatic carbocycles. The first-order valence-electron chi connectivity index (χ1n) is 9.27. The van der Waals surface area contributed by atoms with E-state index in [4.69, 9.17) is 0 Å². The molecule has 0 aromatic rings. The third kappa shape index (κ3) is 4.80. The smallest absolute Gasteiger partial charge is 0.0266 e. The van der Waals surface area contributed by atoms with Crippen LogP contribution >= 0.6 is 0 Å². The molecule has 112 valence electrons. The normalized spacial score (nSPS) is 29.1. The molecule has 0 aromatic heterocycles. The van der Waals surface area contributed by atoms with E-state index in [0.29, 0.717) is 0 Å². The zero-order valence-electron chi connectivity index (χ0n) is 13.6. The molecule has 0 saturated heterocycles. The summed E-state index contributed by atoms with van der Waals surface area (Å²) in [5.74, 6) is 2.08. The molecule has 19 heavy (non-hydrogen) atoms. The lowest BCUT2D eigenvalue weighted by Gasteiger charge is -2.19. The fraction of sp³-hybridized carbons (Fsp3) is 1.00. The first-order chi connectivity index (χ1) is 9.27. The monoisotopic (exact) mass is 264 g/mol. The highest BCUT2D eigenvalue weighted by atomic mass is 14.6. The molecule has 0 radical (unpaired) electrons. The topological polar surface area (TPSA) is 0 Å². The van der Waals surface area contributed by atoms with E-state index in [0.717, 1.165) is 17.3 Å². The van der Waals surface area contributed by atoms with Gasteiger partial charge < -0.3 is 0 Å². The highest BCUT2D eigenvalue weighted by molar-refractivity contribution is 5.01. The highest BCUT2D eigenvalue weighted by Gasteiger charge is 2.51. The second kappa shape index (κ2) is 7.70. The van der Waals surface area contributed by atoms with Gasteiger partial charge in [0, 0.05) is 0 Å². The lowest BCUT2D eigenvalue weighted by atomic mass is 9.86. The van der Waals surface area contributed by atoms with Crippen LogP contribution in [-0.4, -0.2) is 0 Å². The average molecular weight is 264 g/mol. The third-order valence-corrected chi connectivity index (χ3v) is 6.15. The average Bonchev–Trinajstić information content (AvgIpc) is 3.10. The van der Waals surface area contributed by atoms with Gasteiger partial charge in [0.25, 0.3) is 0 Å². The molecule has 0 amide bonds. The number of rotatable bonds is 5. The Hall–Kier alpha value is 0.